The molecule has 3 heterocycles. The Morgan fingerprint density at radius 2 is 2.21 bits per heavy atom. The van der Waals surface area contributed by atoms with Crippen molar-refractivity contribution in [1.29, 1.82) is 0 Å². The number of β-lactam (4-membered cyclic amide) rings is 1. The van der Waals surface area contributed by atoms with Crippen LogP contribution in [0.5, 0.6) is 0 Å². The van der Waals surface area contributed by atoms with E-state index in [2.05, 4.69) is 5.32 Å². The molecule has 1 fully saturated rings. The fourth-order valence-electron chi connectivity index (χ4n) is 2.93. The number of esters is 1. The second kappa shape index (κ2) is 8.61. The number of carbonyl (C=O) groups excluding carboxylic acids is 3. The van der Waals surface area contributed by atoms with Crippen LogP contribution in [0.25, 0.3) is 0 Å². The van der Waals surface area contributed by atoms with Gasteiger partial charge in [0.2, 0.25) is 5.91 Å². The zero-order valence-corrected chi connectivity index (χ0v) is 16.5. The van der Waals surface area contributed by atoms with Crippen molar-refractivity contribution < 1.29 is 29.0 Å². The molecule has 0 radical (unpaired) electrons. The number of allylic oxidation sites excluding steroid dienone is 1. The quantitative estimate of drug-likeness (QED) is 0.385. The van der Waals surface area contributed by atoms with Crippen LogP contribution < -0.4 is 5.32 Å². The number of carboxylic acids is 1. The van der Waals surface area contributed by atoms with Crippen LogP contribution in [0, 0.1) is 0 Å². The summed E-state index contributed by atoms with van der Waals surface area (Å²) >= 11 is 2.79. The summed E-state index contributed by atoms with van der Waals surface area (Å²) in [5.74, 6) is -2.30. The second-order valence-corrected chi connectivity index (χ2v) is 8.11. The van der Waals surface area contributed by atoms with Crippen molar-refractivity contribution in [2.24, 2.45) is 0 Å². The number of nitrogens with zero attached hydrogens (tertiary/aromatic N) is 1. The van der Waals surface area contributed by atoms with E-state index in [9.17, 15) is 24.3 Å². The molecule has 148 valence electrons. The molecule has 1 aromatic rings. The number of hydrogen-bond acceptors (Lipinski definition) is 7. The van der Waals surface area contributed by atoms with E-state index in [1.54, 1.807) is 6.92 Å². The smallest absolute Gasteiger partial charge is 0.352 e. The number of thioether (sulfide) groups is 1. The standard InChI is InChI=1S/C18H18N2O6S2/c1-2-26-13(22)6-5-10-9-28-17-14(16(23)20(17)15(10)18(24)25)19-12(21)8-11-4-3-7-27-11/h3-7,14,17H,2,8-9H2,1H3,(H,19,21)(H,24,25)/t14?,17-/m0/s1. The average molecular weight is 422 g/mol. The molecule has 2 aliphatic rings. The number of carboxylic acid groups (broad SMARTS) is 1. The fourth-order valence-corrected chi connectivity index (χ4v) is 4.95. The minimum absolute atomic E-state index is 0.168. The first-order valence-corrected chi connectivity index (χ1v) is 10.4. The molecule has 2 N–H and O–H groups in total. The van der Waals surface area contributed by atoms with Gasteiger partial charge in [-0.1, -0.05) is 6.07 Å². The van der Waals surface area contributed by atoms with Crippen LogP contribution >= 0.6 is 23.1 Å². The van der Waals surface area contributed by atoms with E-state index in [-0.39, 0.29) is 24.6 Å². The van der Waals surface area contributed by atoms with E-state index in [4.69, 9.17) is 4.74 Å². The zero-order chi connectivity index (χ0) is 20.3. The third-order valence-electron chi connectivity index (χ3n) is 4.14. The van der Waals surface area contributed by atoms with E-state index in [0.717, 1.165) is 15.9 Å². The largest absolute Gasteiger partial charge is 0.477 e. The topological polar surface area (TPSA) is 113 Å². The molecule has 1 saturated heterocycles. The molecule has 0 saturated carbocycles. The van der Waals surface area contributed by atoms with E-state index in [0.29, 0.717) is 11.3 Å². The molecule has 2 amide bonds. The van der Waals surface area contributed by atoms with Crippen molar-refractivity contribution in [3.8, 4) is 0 Å². The van der Waals surface area contributed by atoms with E-state index < -0.39 is 29.3 Å². The van der Waals surface area contributed by atoms with Gasteiger partial charge in [-0.3, -0.25) is 14.5 Å². The first kappa shape index (κ1) is 20.2. The summed E-state index contributed by atoms with van der Waals surface area (Å²) in [6, 6.07) is 2.92. The summed E-state index contributed by atoms with van der Waals surface area (Å²) in [7, 11) is 0. The lowest BCUT2D eigenvalue weighted by Gasteiger charge is -2.49. The molecule has 0 aromatic carbocycles. The number of nitrogens with one attached hydrogen (secondary N) is 1. The van der Waals surface area contributed by atoms with Gasteiger partial charge in [-0.15, -0.1) is 23.1 Å². The van der Waals surface area contributed by atoms with Crippen molar-refractivity contribution in [2.75, 3.05) is 12.4 Å². The number of rotatable bonds is 7. The van der Waals surface area contributed by atoms with Gasteiger partial charge < -0.3 is 15.2 Å². The number of aliphatic carboxylic acids is 1. The van der Waals surface area contributed by atoms with Crippen LogP contribution in [0.3, 0.4) is 0 Å². The van der Waals surface area contributed by atoms with Gasteiger partial charge in [0, 0.05) is 16.7 Å². The molecule has 2 aliphatic heterocycles. The summed E-state index contributed by atoms with van der Waals surface area (Å²) in [6.07, 6.45) is 2.68. The highest BCUT2D eigenvalue weighted by molar-refractivity contribution is 8.00. The minimum Gasteiger partial charge on any atom is -0.477 e. The lowest BCUT2D eigenvalue weighted by Crippen LogP contribution is -2.70. The minimum atomic E-state index is -1.26. The number of thiophene rings is 1. The maximum absolute atomic E-state index is 12.5. The van der Waals surface area contributed by atoms with Crippen LogP contribution in [0.2, 0.25) is 0 Å². The lowest BCUT2D eigenvalue weighted by molar-refractivity contribution is -0.150. The molecule has 2 atom stereocenters. The lowest BCUT2D eigenvalue weighted by atomic mass is 10.0. The Labute approximate surface area is 169 Å². The molecule has 1 unspecified atom stereocenters. The fraction of sp³-hybridized carbons (Fsp3) is 0.333. The normalized spacial score (nSPS) is 21.3. The zero-order valence-electron chi connectivity index (χ0n) is 14.9. The summed E-state index contributed by atoms with van der Waals surface area (Å²) < 4.78 is 4.79. The summed E-state index contributed by atoms with van der Waals surface area (Å²) in [5.41, 5.74) is 0.177. The monoisotopic (exact) mass is 422 g/mol. The summed E-state index contributed by atoms with van der Waals surface area (Å²) in [4.78, 5) is 49.9. The van der Waals surface area contributed by atoms with Crippen molar-refractivity contribution in [3.63, 3.8) is 0 Å². The molecule has 0 spiro atoms. The molecule has 0 bridgehead atoms. The molecule has 8 nitrogen and oxygen atoms in total. The second-order valence-electron chi connectivity index (χ2n) is 5.98. The van der Waals surface area contributed by atoms with Crippen LogP contribution in [0.1, 0.15) is 11.8 Å². The van der Waals surface area contributed by atoms with E-state index in [1.165, 1.54) is 29.2 Å². The predicted octanol–water partition coefficient (Wildman–Crippen LogP) is 1.15. The van der Waals surface area contributed by atoms with E-state index in [1.807, 2.05) is 17.5 Å². The summed E-state index contributed by atoms with van der Waals surface area (Å²) in [5, 5.41) is 13.6. The van der Waals surface area contributed by atoms with Gasteiger partial charge in [0.15, 0.2) is 0 Å². The number of carbonyl (C=O) groups is 4. The van der Waals surface area contributed by atoms with Crippen molar-refractivity contribution in [2.45, 2.75) is 24.8 Å². The van der Waals surface area contributed by atoms with Crippen LogP contribution in [0.15, 0.2) is 40.9 Å². The maximum atomic E-state index is 12.5. The maximum Gasteiger partial charge on any atom is 0.352 e. The Morgan fingerprint density at radius 1 is 1.43 bits per heavy atom. The van der Waals surface area contributed by atoms with Gasteiger partial charge in [0.05, 0.1) is 13.0 Å². The number of hydrogen-bond donors (Lipinski definition) is 2. The molecular weight excluding hydrogens is 404 g/mol. The third-order valence-corrected chi connectivity index (χ3v) is 6.32. The van der Waals surface area contributed by atoms with Crippen molar-refractivity contribution in [1.82, 2.24) is 10.2 Å². The van der Waals surface area contributed by atoms with Crippen LogP contribution in [-0.4, -0.2) is 57.5 Å². The number of amides is 2. The molecule has 0 aliphatic carbocycles. The van der Waals surface area contributed by atoms with Gasteiger partial charge in [-0.25, -0.2) is 9.59 Å². The van der Waals surface area contributed by atoms with Gasteiger partial charge in [-0.2, -0.15) is 0 Å². The average Bonchev–Trinajstić information content (AvgIpc) is 3.16. The van der Waals surface area contributed by atoms with Gasteiger partial charge in [-0.05, 0) is 30.0 Å². The van der Waals surface area contributed by atoms with Crippen LogP contribution in [0.4, 0.5) is 0 Å². The van der Waals surface area contributed by atoms with Gasteiger partial charge in [0.1, 0.15) is 17.1 Å². The highest BCUT2D eigenvalue weighted by Gasteiger charge is 2.53. The Hall–Kier alpha value is -2.59. The van der Waals surface area contributed by atoms with Crippen molar-refractivity contribution >= 4 is 46.9 Å². The molecule has 10 heteroatoms. The molecule has 3 rings (SSSR count). The Kier molecular flexibility index (Phi) is 6.20. The third kappa shape index (κ3) is 4.12. The Bertz CT molecular complexity index is 861. The molecular formula is C18H18N2O6S2. The van der Waals surface area contributed by atoms with Gasteiger partial charge >= 0.3 is 11.9 Å². The Balaban J connectivity index is 1.71. The first-order chi connectivity index (χ1) is 13.4. The Morgan fingerprint density at radius 3 is 2.86 bits per heavy atom. The SMILES string of the molecule is CCOC(=O)C=CC1=C(C(=O)O)N2C(=O)C(NC(=O)Cc3cccs3)[C@@H]2SC1. The number of fused-ring (bicyclic) bond motifs is 1. The van der Waals surface area contributed by atoms with Gasteiger partial charge in [0.25, 0.3) is 5.91 Å². The predicted molar refractivity (Wildman–Crippen MR) is 103 cm³/mol. The summed E-state index contributed by atoms with van der Waals surface area (Å²) in [6.45, 7) is 1.88. The highest BCUT2D eigenvalue weighted by atomic mass is 32.2. The van der Waals surface area contributed by atoms with E-state index >= 15 is 0 Å². The first-order valence-electron chi connectivity index (χ1n) is 8.50. The molecule has 28 heavy (non-hydrogen) atoms. The highest BCUT2D eigenvalue weighted by Crippen LogP contribution is 2.40. The van der Waals surface area contributed by atoms with Crippen LogP contribution in [-0.2, 0) is 30.3 Å². The van der Waals surface area contributed by atoms with Crippen molar-refractivity contribution in [3.05, 3.63) is 45.8 Å². The molecule has 1 aromatic heterocycles. The number of ether oxygens (including phenoxy) is 1.